The van der Waals surface area contributed by atoms with Crippen LogP contribution in [0.4, 0.5) is 4.39 Å². The predicted molar refractivity (Wildman–Crippen MR) is 85.0 cm³/mol. The second-order valence-corrected chi connectivity index (χ2v) is 5.94. The quantitative estimate of drug-likeness (QED) is 0.915. The molecule has 20 heavy (non-hydrogen) atoms. The van der Waals surface area contributed by atoms with Crippen LogP contribution in [0.1, 0.15) is 37.4 Å². The van der Waals surface area contributed by atoms with Crippen molar-refractivity contribution in [1.29, 1.82) is 0 Å². The average Bonchev–Trinajstić information content (AvgIpc) is 2.40. The maximum atomic E-state index is 13.4. The summed E-state index contributed by atoms with van der Waals surface area (Å²) in [6.07, 6.45) is 1.13. The molecule has 0 spiro atoms. The zero-order chi connectivity index (χ0) is 13.8. The fraction of sp³-hybridized carbons (Fsp3) is 0.625. The van der Waals surface area contributed by atoms with Gasteiger partial charge in [0.05, 0.1) is 0 Å². The lowest BCUT2D eigenvalue weighted by Crippen LogP contribution is -2.45. The molecule has 0 aliphatic carbocycles. The summed E-state index contributed by atoms with van der Waals surface area (Å²) in [5.74, 6) is 0.539. The van der Waals surface area contributed by atoms with Crippen LogP contribution >= 0.6 is 12.4 Å². The maximum absolute atomic E-state index is 13.4. The molecule has 1 heterocycles. The molecule has 1 saturated heterocycles. The minimum Gasteiger partial charge on any atom is -0.314 e. The van der Waals surface area contributed by atoms with Crippen LogP contribution in [0, 0.1) is 18.7 Å². The Bertz CT molecular complexity index is 417. The summed E-state index contributed by atoms with van der Waals surface area (Å²) in [5.41, 5.74) is 2.01. The first-order valence-electron chi connectivity index (χ1n) is 7.28. The third kappa shape index (κ3) is 4.44. The number of nitrogens with zero attached hydrogens (tertiary/aromatic N) is 1. The largest absolute Gasteiger partial charge is 0.314 e. The highest BCUT2D eigenvalue weighted by Gasteiger charge is 2.23. The standard InChI is InChI=1S/C16H25FN2.ClH/c1-12(2)10-16(19-8-6-18-7-9-19)14-4-5-15(17)13(3)11-14;/h4-5,11-12,16,18H,6-10H2,1-3H3;1H/t16-;/m1./s1. The average molecular weight is 301 g/mol. The first-order valence-corrected chi connectivity index (χ1v) is 7.28. The number of benzene rings is 1. The van der Waals surface area contributed by atoms with Crippen molar-refractivity contribution < 1.29 is 4.39 Å². The SMILES string of the molecule is Cc1cc([C@@H](CC(C)C)N2CCNCC2)ccc1F.Cl. The van der Waals surface area contributed by atoms with Crippen molar-refractivity contribution in [2.75, 3.05) is 26.2 Å². The molecule has 0 amide bonds. The third-order valence-corrected chi connectivity index (χ3v) is 3.85. The molecule has 1 atom stereocenters. The number of hydrogen-bond donors (Lipinski definition) is 1. The molecular weight excluding hydrogens is 275 g/mol. The van der Waals surface area contributed by atoms with E-state index in [2.05, 4.69) is 24.1 Å². The molecule has 0 saturated carbocycles. The molecule has 1 aromatic carbocycles. The summed E-state index contributed by atoms with van der Waals surface area (Å²) < 4.78 is 13.4. The van der Waals surface area contributed by atoms with Gasteiger partial charge in [-0.05, 0) is 36.5 Å². The van der Waals surface area contributed by atoms with Gasteiger partial charge in [-0.3, -0.25) is 4.90 Å². The van der Waals surface area contributed by atoms with Gasteiger partial charge < -0.3 is 5.32 Å². The van der Waals surface area contributed by atoms with Gasteiger partial charge in [0.1, 0.15) is 5.82 Å². The summed E-state index contributed by atoms with van der Waals surface area (Å²) in [4.78, 5) is 2.53. The molecule has 0 unspecified atom stereocenters. The number of halogens is 2. The minimum absolute atomic E-state index is 0. The van der Waals surface area contributed by atoms with Crippen LogP contribution < -0.4 is 5.32 Å². The lowest BCUT2D eigenvalue weighted by molar-refractivity contribution is 0.154. The monoisotopic (exact) mass is 300 g/mol. The van der Waals surface area contributed by atoms with Gasteiger partial charge in [0.25, 0.3) is 0 Å². The fourth-order valence-electron chi connectivity index (χ4n) is 2.81. The molecule has 1 fully saturated rings. The van der Waals surface area contributed by atoms with Crippen molar-refractivity contribution in [2.24, 2.45) is 5.92 Å². The van der Waals surface area contributed by atoms with E-state index in [-0.39, 0.29) is 18.2 Å². The predicted octanol–water partition coefficient (Wildman–Crippen LogP) is 3.55. The lowest BCUT2D eigenvalue weighted by Gasteiger charge is -2.36. The van der Waals surface area contributed by atoms with Gasteiger partial charge in [0.2, 0.25) is 0 Å². The second-order valence-electron chi connectivity index (χ2n) is 5.94. The first-order chi connectivity index (χ1) is 9.08. The molecule has 1 aliphatic rings. The Labute approximate surface area is 128 Å². The molecule has 1 aromatic rings. The second kappa shape index (κ2) is 7.96. The number of aryl methyl sites for hydroxylation is 1. The molecule has 0 bridgehead atoms. The highest BCUT2D eigenvalue weighted by atomic mass is 35.5. The molecule has 1 aliphatic heterocycles. The van der Waals surface area contributed by atoms with Crippen molar-refractivity contribution in [1.82, 2.24) is 10.2 Å². The van der Waals surface area contributed by atoms with Crippen molar-refractivity contribution in [3.63, 3.8) is 0 Å². The van der Waals surface area contributed by atoms with Gasteiger partial charge in [0, 0.05) is 32.2 Å². The van der Waals surface area contributed by atoms with E-state index >= 15 is 0 Å². The summed E-state index contributed by atoms with van der Waals surface area (Å²) in [5, 5.41) is 3.39. The number of piperazine rings is 1. The number of rotatable bonds is 4. The highest BCUT2D eigenvalue weighted by Crippen LogP contribution is 2.29. The zero-order valence-corrected chi connectivity index (χ0v) is 13.5. The van der Waals surface area contributed by atoms with Gasteiger partial charge in [0.15, 0.2) is 0 Å². The summed E-state index contributed by atoms with van der Waals surface area (Å²) in [6, 6.07) is 6.00. The normalized spacial score (nSPS) is 17.9. The molecule has 114 valence electrons. The molecule has 2 nitrogen and oxygen atoms in total. The van der Waals surface area contributed by atoms with Crippen LogP contribution in [0.5, 0.6) is 0 Å². The van der Waals surface area contributed by atoms with E-state index in [1.807, 2.05) is 19.1 Å². The third-order valence-electron chi connectivity index (χ3n) is 3.85. The Morgan fingerprint density at radius 3 is 2.45 bits per heavy atom. The van der Waals surface area contributed by atoms with Crippen LogP contribution in [0.3, 0.4) is 0 Å². The molecule has 0 radical (unpaired) electrons. The summed E-state index contributed by atoms with van der Waals surface area (Å²) >= 11 is 0. The van der Waals surface area contributed by atoms with E-state index in [1.165, 1.54) is 5.56 Å². The highest BCUT2D eigenvalue weighted by molar-refractivity contribution is 5.85. The number of nitrogens with one attached hydrogen (secondary N) is 1. The van der Waals surface area contributed by atoms with E-state index < -0.39 is 0 Å². The van der Waals surface area contributed by atoms with E-state index in [0.717, 1.165) is 38.2 Å². The lowest BCUT2D eigenvalue weighted by atomic mass is 9.94. The molecular formula is C16H26ClFN2. The molecule has 4 heteroatoms. The van der Waals surface area contributed by atoms with Gasteiger partial charge in [-0.2, -0.15) is 0 Å². The van der Waals surface area contributed by atoms with Gasteiger partial charge in [-0.25, -0.2) is 4.39 Å². The molecule has 0 aromatic heterocycles. The van der Waals surface area contributed by atoms with Gasteiger partial charge >= 0.3 is 0 Å². The van der Waals surface area contributed by atoms with E-state index in [9.17, 15) is 4.39 Å². The minimum atomic E-state index is -0.104. The fourth-order valence-corrected chi connectivity index (χ4v) is 2.81. The van der Waals surface area contributed by atoms with Crippen molar-refractivity contribution in [3.05, 3.63) is 35.1 Å². The summed E-state index contributed by atoms with van der Waals surface area (Å²) in [7, 11) is 0. The van der Waals surface area contributed by atoms with Crippen LogP contribution in [0.25, 0.3) is 0 Å². The van der Waals surface area contributed by atoms with Gasteiger partial charge in [-0.15, -0.1) is 12.4 Å². The Balaban J connectivity index is 0.00000200. The molecule has 1 N–H and O–H groups in total. The smallest absolute Gasteiger partial charge is 0.126 e. The van der Waals surface area contributed by atoms with Crippen LogP contribution in [-0.2, 0) is 0 Å². The van der Waals surface area contributed by atoms with E-state index in [4.69, 9.17) is 0 Å². The van der Waals surface area contributed by atoms with Crippen molar-refractivity contribution in [3.8, 4) is 0 Å². The Hall–Kier alpha value is -0.640. The Morgan fingerprint density at radius 2 is 1.90 bits per heavy atom. The van der Waals surface area contributed by atoms with E-state index in [1.54, 1.807) is 6.07 Å². The number of hydrogen-bond acceptors (Lipinski definition) is 2. The zero-order valence-electron chi connectivity index (χ0n) is 12.7. The topological polar surface area (TPSA) is 15.3 Å². The van der Waals surface area contributed by atoms with Crippen molar-refractivity contribution >= 4 is 12.4 Å². The summed E-state index contributed by atoms with van der Waals surface area (Å²) in [6.45, 7) is 10.6. The van der Waals surface area contributed by atoms with Crippen molar-refractivity contribution in [2.45, 2.75) is 33.2 Å². The van der Waals surface area contributed by atoms with Crippen LogP contribution in [-0.4, -0.2) is 31.1 Å². The van der Waals surface area contributed by atoms with Crippen LogP contribution in [0.2, 0.25) is 0 Å². The Kier molecular flexibility index (Phi) is 6.93. The maximum Gasteiger partial charge on any atom is 0.126 e. The first kappa shape index (κ1) is 17.4. The molecule has 2 rings (SSSR count). The Morgan fingerprint density at radius 1 is 1.25 bits per heavy atom. The van der Waals surface area contributed by atoms with Gasteiger partial charge in [-0.1, -0.05) is 26.0 Å². The van der Waals surface area contributed by atoms with E-state index in [0.29, 0.717) is 12.0 Å². The van der Waals surface area contributed by atoms with Crippen LogP contribution in [0.15, 0.2) is 18.2 Å².